The largest absolute Gasteiger partial charge is 0.315 e. The van der Waals surface area contributed by atoms with Crippen LogP contribution in [-0.2, 0) is 22.4 Å². The Morgan fingerprint density at radius 3 is 1.37 bits per heavy atom. The van der Waals surface area contributed by atoms with E-state index >= 15 is 0 Å². The Balaban J connectivity index is 0.000000177. The van der Waals surface area contributed by atoms with Gasteiger partial charge in [-0.15, -0.1) is 0 Å². The molecular weight excluding hydrogens is 773 g/mol. The molecule has 2 heterocycles. The van der Waals surface area contributed by atoms with Crippen LogP contribution in [0.1, 0.15) is 45.5 Å². The highest BCUT2D eigenvalue weighted by Crippen LogP contribution is 2.32. The standard InChI is InChI=1S/C32H27NO2.C26H23NO/c34-31(28-14-8-3-9-15-28)30-23-29(33(32(30)35)21-20-24-10-4-1-5-11-24)22-25-16-18-27(19-17-25)26-12-6-2-7-13-26;1-20-18-25(27(26(20)28)17-16-21-8-4-2-5-9-21)19-22-12-14-24(15-13-22)23-10-6-3-7-11-23/h1-21,29-30H,22-23H2;2-17,25H,1,18-19H2/b21-20+;17-16+/t29-,30?;25-/m10/s1. The molecule has 2 fully saturated rings. The molecule has 7 aromatic carbocycles. The van der Waals surface area contributed by atoms with Crippen molar-refractivity contribution in [2.75, 3.05) is 0 Å². The van der Waals surface area contributed by atoms with Gasteiger partial charge in [0.2, 0.25) is 5.91 Å². The van der Waals surface area contributed by atoms with Gasteiger partial charge in [-0.05, 0) is 82.3 Å². The summed E-state index contributed by atoms with van der Waals surface area (Å²) >= 11 is 0. The van der Waals surface area contributed by atoms with Gasteiger partial charge in [-0.25, -0.2) is 0 Å². The van der Waals surface area contributed by atoms with Gasteiger partial charge < -0.3 is 9.80 Å². The van der Waals surface area contributed by atoms with E-state index in [1.165, 1.54) is 22.3 Å². The molecule has 7 aromatic rings. The Hall–Kier alpha value is -7.63. The Kier molecular flexibility index (Phi) is 13.5. The van der Waals surface area contributed by atoms with Crippen LogP contribution in [0.2, 0.25) is 0 Å². The third kappa shape index (κ3) is 10.6. The monoisotopic (exact) mass is 822 g/mol. The normalized spacial score (nSPS) is 17.3. The number of Topliss-reactive ketones (excluding diaryl/α,β-unsaturated/α-hetero) is 1. The van der Waals surface area contributed by atoms with Crippen molar-refractivity contribution in [2.24, 2.45) is 5.92 Å². The molecule has 2 aliphatic rings. The number of amides is 2. The maximum absolute atomic E-state index is 13.4. The van der Waals surface area contributed by atoms with E-state index in [0.717, 1.165) is 28.7 Å². The summed E-state index contributed by atoms with van der Waals surface area (Å²) in [4.78, 5) is 42.8. The predicted molar refractivity (Wildman–Crippen MR) is 256 cm³/mol. The molecule has 0 aromatic heterocycles. The third-order valence-electron chi connectivity index (χ3n) is 11.8. The van der Waals surface area contributed by atoms with E-state index in [0.29, 0.717) is 30.4 Å². The number of benzene rings is 7. The van der Waals surface area contributed by atoms with Crippen molar-refractivity contribution in [3.05, 3.63) is 253 Å². The number of carbonyl (C=O) groups excluding carboxylic acids is 3. The summed E-state index contributed by atoms with van der Waals surface area (Å²) in [7, 11) is 0. The Labute approximate surface area is 371 Å². The molecule has 9 rings (SSSR count). The number of nitrogens with zero attached hydrogens (tertiary/aromatic N) is 2. The van der Waals surface area contributed by atoms with E-state index < -0.39 is 5.92 Å². The number of carbonyl (C=O) groups is 3. The highest BCUT2D eigenvalue weighted by atomic mass is 16.2. The highest BCUT2D eigenvalue weighted by molar-refractivity contribution is 6.11. The molecule has 0 radical (unpaired) electrons. The van der Waals surface area contributed by atoms with Crippen LogP contribution in [0.4, 0.5) is 0 Å². The molecule has 0 spiro atoms. The summed E-state index contributed by atoms with van der Waals surface area (Å²) in [5.41, 5.74) is 10.5. The maximum atomic E-state index is 13.4. The van der Waals surface area contributed by atoms with Crippen LogP contribution in [0.5, 0.6) is 0 Å². The summed E-state index contributed by atoms with van der Waals surface area (Å²) in [6.45, 7) is 3.96. The van der Waals surface area contributed by atoms with Gasteiger partial charge in [0.15, 0.2) is 5.78 Å². The highest BCUT2D eigenvalue weighted by Gasteiger charge is 2.42. The van der Waals surface area contributed by atoms with Gasteiger partial charge in [-0.1, -0.05) is 207 Å². The zero-order chi connectivity index (χ0) is 43.4. The first kappa shape index (κ1) is 42.1. The van der Waals surface area contributed by atoms with Gasteiger partial charge in [0.1, 0.15) is 5.92 Å². The molecule has 5 heteroatoms. The number of rotatable bonds is 12. The second-order valence-corrected chi connectivity index (χ2v) is 16.1. The second kappa shape index (κ2) is 20.3. The molecule has 0 bridgehead atoms. The summed E-state index contributed by atoms with van der Waals surface area (Å²) in [5.74, 6) is -0.864. The molecule has 2 aliphatic heterocycles. The van der Waals surface area contributed by atoms with Crippen molar-refractivity contribution >= 4 is 29.7 Å². The minimum Gasteiger partial charge on any atom is -0.315 e. The molecule has 0 N–H and O–H groups in total. The van der Waals surface area contributed by atoms with Crippen molar-refractivity contribution < 1.29 is 14.4 Å². The Morgan fingerprint density at radius 1 is 0.492 bits per heavy atom. The van der Waals surface area contributed by atoms with E-state index in [4.69, 9.17) is 0 Å². The first-order chi connectivity index (χ1) is 30.9. The molecule has 1 unspecified atom stereocenters. The van der Waals surface area contributed by atoms with Crippen LogP contribution in [0.3, 0.4) is 0 Å². The minimum atomic E-state index is -0.661. The first-order valence-electron chi connectivity index (χ1n) is 21.6. The molecular formula is C58H50N2O3. The molecule has 2 amide bonds. The first-order valence-corrected chi connectivity index (χ1v) is 21.6. The fourth-order valence-electron chi connectivity index (χ4n) is 8.36. The van der Waals surface area contributed by atoms with Gasteiger partial charge >= 0.3 is 0 Å². The van der Waals surface area contributed by atoms with Gasteiger partial charge in [0.25, 0.3) is 5.91 Å². The van der Waals surface area contributed by atoms with Gasteiger partial charge in [-0.3, -0.25) is 14.4 Å². The van der Waals surface area contributed by atoms with Crippen molar-refractivity contribution in [3.8, 4) is 22.3 Å². The lowest BCUT2D eigenvalue weighted by Crippen LogP contribution is -2.31. The van der Waals surface area contributed by atoms with Crippen molar-refractivity contribution in [1.82, 2.24) is 9.80 Å². The number of ketones is 1. The molecule has 2 saturated heterocycles. The van der Waals surface area contributed by atoms with Crippen LogP contribution in [0.15, 0.2) is 225 Å². The van der Waals surface area contributed by atoms with Crippen LogP contribution in [0, 0.1) is 5.92 Å². The van der Waals surface area contributed by atoms with Crippen molar-refractivity contribution in [1.29, 1.82) is 0 Å². The molecule has 310 valence electrons. The molecule has 3 atom stereocenters. The lowest BCUT2D eigenvalue weighted by molar-refractivity contribution is -0.128. The van der Waals surface area contributed by atoms with Crippen molar-refractivity contribution in [3.63, 3.8) is 0 Å². The zero-order valence-electron chi connectivity index (χ0n) is 35.2. The third-order valence-corrected chi connectivity index (χ3v) is 11.8. The molecule has 63 heavy (non-hydrogen) atoms. The van der Waals surface area contributed by atoms with E-state index in [2.05, 4.69) is 91.5 Å². The maximum Gasteiger partial charge on any atom is 0.253 e. The number of hydrogen-bond acceptors (Lipinski definition) is 3. The SMILES string of the molecule is C=C1C[C@@H](Cc2ccc(-c3ccccc3)cc2)N(/C=C/c2ccccc2)C1=O.O=C(c1ccccc1)C1C[C@@H](Cc2ccc(-c3ccccc3)cc2)N(/C=C/c2ccccc2)C1=O. The van der Waals surface area contributed by atoms with Gasteiger partial charge in [-0.2, -0.15) is 0 Å². The fraction of sp³-hybridized carbons (Fsp3) is 0.121. The van der Waals surface area contributed by atoms with E-state index in [-0.39, 0.29) is 29.7 Å². The summed E-state index contributed by atoms with van der Waals surface area (Å²) in [6.07, 6.45) is 10.4. The average Bonchev–Trinajstić information content (AvgIpc) is 3.80. The van der Waals surface area contributed by atoms with Crippen molar-refractivity contribution in [2.45, 2.75) is 37.8 Å². The Morgan fingerprint density at radius 2 is 0.889 bits per heavy atom. The van der Waals surface area contributed by atoms with E-state index in [9.17, 15) is 14.4 Å². The van der Waals surface area contributed by atoms with Gasteiger partial charge in [0.05, 0.1) is 0 Å². The smallest absolute Gasteiger partial charge is 0.253 e. The lowest BCUT2D eigenvalue weighted by Gasteiger charge is -2.21. The molecule has 5 nitrogen and oxygen atoms in total. The molecule has 0 aliphatic carbocycles. The minimum absolute atomic E-state index is 0.0260. The average molecular weight is 823 g/mol. The number of hydrogen-bond donors (Lipinski definition) is 0. The summed E-state index contributed by atoms with van der Waals surface area (Å²) in [5, 5.41) is 0. The second-order valence-electron chi connectivity index (χ2n) is 16.1. The number of likely N-dealkylation sites (tertiary alicyclic amines) is 2. The predicted octanol–water partition coefficient (Wildman–Crippen LogP) is 12.4. The fourth-order valence-corrected chi connectivity index (χ4v) is 8.36. The topological polar surface area (TPSA) is 57.7 Å². The quantitative estimate of drug-likeness (QED) is 0.0701. The van der Waals surface area contributed by atoms with E-state index in [1.54, 1.807) is 17.0 Å². The van der Waals surface area contributed by atoms with Crippen LogP contribution >= 0.6 is 0 Å². The van der Waals surface area contributed by atoms with Crippen LogP contribution < -0.4 is 0 Å². The van der Waals surface area contributed by atoms with Crippen LogP contribution in [0.25, 0.3) is 34.4 Å². The van der Waals surface area contributed by atoms with Gasteiger partial charge in [0, 0.05) is 35.6 Å². The molecule has 0 saturated carbocycles. The summed E-state index contributed by atoms with van der Waals surface area (Å²) in [6, 6.07) is 66.9. The lowest BCUT2D eigenvalue weighted by atomic mass is 9.92. The summed E-state index contributed by atoms with van der Waals surface area (Å²) < 4.78 is 0. The Bertz CT molecular complexity index is 2680. The zero-order valence-corrected chi connectivity index (χ0v) is 35.2. The van der Waals surface area contributed by atoms with E-state index in [1.807, 2.05) is 133 Å². The van der Waals surface area contributed by atoms with Crippen LogP contribution in [-0.4, -0.2) is 39.5 Å².